The second-order valence-electron chi connectivity index (χ2n) is 7.22. The number of methoxy groups -OCH3 is 1. The van der Waals surface area contributed by atoms with Crippen LogP contribution in [0.15, 0.2) is 23.6 Å². The molecule has 8 heteroatoms. The Morgan fingerprint density at radius 3 is 2.97 bits per heavy atom. The SMILES string of the molecule is COCCc1nc(-c2ccc3c(c2)N(CC(=O)OC2CCCC2)C(=O)CO3)cs1. The second-order valence-corrected chi connectivity index (χ2v) is 8.16. The molecule has 1 amide bonds. The average Bonchev–Trinajstić information content (AvgIpc) is 3.40. The van der Waals surface area contributed by atoms with Gasteiger partial charge in [0.1, 0.15) is 18.4 Å². The summed E-state index contributed by atoms with van der Waals surface area (Å²) in [4.78, 5) is 31.0. The summed E-state index contributed by atoms with van der Waals surface area (Å²) in [5.74, 6) is -0.0482. The monoisotopic (exact) mass is 416 g/mol. The molecule has 154 valence electrons. The Hall–Kier alpha value is -2.45. The van der Waals surface area contributed by atoms with E-state index in [0.29, 0.717) is 18.0 Å². The van der Waals surface area contributed by atoms with E-state index in [0.717, 1.165) is 48.4 Å². The Balaban J connectivity index is 1.53. The molecule has 0 radical (unpaired) electrons. The quantitative estimate of drug-likeness (QED) is 0.645. The number of rotatable bonds is 7. The number of fused-ring (bicyclic) bond motifs is 1. The number of benzene rings is 1. The minimum Gasteiger partial charge on any atom is -0.482 e. The van der Waals surface area contributed by atoms with Crippen LogP contribution in [0.5, 0.6) is 5.75 Å². The maximum Gasteiger partial charge on any atom is 0.326 e. The largest absolute Gasteiger partial charge is 0.482 e. The molecule has 2 heterocycles. The Labute approximate surface area is 173 Å². The maximum atomic E-state index is 12.5. The van der Waals surface area contributed by atoms with E-state index in [1.807, 2.05) is 23.6 Å². The van der Waals surface area contributed by atoms with E-state index in [2.05, 4.69) is 4.98 Å². The third-order valence-corrected chi connectivity index (χ3v) is 6.07. The van der Waals surface area contributed by atoms with Crippen molar-refractivity contribution in [3.8, 4) is 17.0 Å². The Bertz CT molecular complexity index is 891. The Morgan fingerprint density at radius 2 is 2.17 bits per heavy atom. The minimum absolute atomic E-state index is 0.0232. The first-order chi connectivity index (χ1) is 14.1. The molecule has 0 saturated heterocycles. The lowest BCUT2D eigenvalue weighted by Gasteiger charge is -2.29. The molecule has 1 saturated carbocycles. The summed E-state index contributed by atoms with van der Waals surface area (Å²) in [5.41, 5.74) is 2.28. The lowest BCUT2D eigenvalue weighted by atomic mass is 10.1. The van der Waals surface area contributed by atoms with Gasteiger partial charge < -0.3 is 14.2 Å². The van der Waals surface area contributed by atoms with Gasteiger partial charge in [-0.3, -0.25) is 14.5 Å². The van der Waals surface area contributed by atoms with Crippen molar-refractivity contribution in [1.29, 1.82) is 0 Å². The minimum atomic E-state index is -0.376. The van der Waals surface area contributed by atoms with Crippen LogP contribution in [0.2, 0.25) is 0 Å². The predicted octanol–water partition coefficient (Wildman–Crippen LogP) is 3.21. The van der Waals surface area contributed by atoms with Gasteiger partial charge in [0, 0.05) is 24.5 Å². The smallest absolute Gasteiger partial charge is 0.326 e. The van der Waals surface area contributed by atoms with Crippen LogP contribution in [0, 0.1) is 0 Å². The van der Waals surface area contributed by atoms with Crippen LogP contribution in [-0.2, 0) is 25.5 Å². The van der Waals surface area contributed by atoms with Crippen molar-refractivity contribution in [3.05, 3.63) is 28.6 Å². The number of hydrogen-bond acceptors (Lipinski definition) is 7. The summed E-state index contributed by atoms with van der Waals surface area (Å²) in [6.45, 7) is 0.433. The molecule has 0 bridgehead atoms. The first kappa shape index (κ1) is 19.8. The van der Waals surface area contributed by atoms with Gasteiger partial charge in [-0.05, 0) is 43.9 Å². The van der Waals surface area contributed by atoms with Crippen molar-refractivity contribution in [1.82, 2.24) is 4.98 Å². The van der Waals surface area contributed by atoms with Gasteiger partial charge in [0.25, 0.3) is 5.91 Å². The van der Waals surface area contributed by atoms with Crippen LogP contribution >= 0.6 is 11.3 Å². The predicted molar refractivity (Wildman–Crippen MR) is 109 cm³/mol. The summed E-state index contributed by atoms with van der Waals surface area (Å²) in [5, 5.41) is 2.97. The molecular formula is C21H24N2O5S. The normalized spacial score (nSPS) is 16.6. The van der Waals surface area contributed by atoms with Gasteiger partial charge in [0.05, 0.1) is 23.0 Å². The summed E-state index contributed by atoms with van der Waals surface area (Å²) < 4.78 is 16.2. The Kier molecular flexibility index (Phi) is 6.10. The number of hydrogen-bond donors (Lipinski definition) is 0. The van der Waals surface area contributed by atoms with Crippen LogP contribution in [0.4, 0.5) is 5.69 Å². The molecule has 1 aromatic heterocycles. The van der Waals surface area contributed by atoms with E-state index >= 15 is 0 Å². The fourth-order valence-corrected chi connectivity index (χ4v) is 4.43. The molecule has 1 aliphatic carbocycles. The molecule has 4 rings (SSSR count). The van der Waals surface area contributed by atoms with Crippen LogP contribution in [0.3, 0.4) is 0 Å². The number of carbonyl (C=O) groups excluding carboxylic acids is 2. The zero-order chi connectivity index (χ0) is 20.2. The maximum absolute atomic E-state index is 12.5. The van der Waals surface area contributed by atoms with Crippen LogP contribution in [-0.4, -0.2) is 49.8 Å². The summed E-state index contributed by atoms with van der Waals surface area (Å²) in [6, 6.07) is 5.59. The average molecular weight is 416 g/mol. The zero-order valence-electron chi connectivity index (χ0n) is 16.4. The first-order valence-electron chi connectivity index (χ1n) is 9.84. The van der Waals surface area contributed by atoms with Crippen molar-refractivity contribution in [2.75, 3.05) is 31.8 Å². The molecule has 1 aliphatic heterocycles. The van der Waals surface area contributed by atoms with E-state index < -0.39 is 0 Å². The highest BCUT2D eigenvalue weighted by Crippen LogP contribution is 2.36. The van der Waals surface area contributed by atoms with Crippen molar-refractivity contribution in [2.24, 2.45) is 0 Å². The highest BCUT2D eigenvalue weighted by atomic mass is 32.1. The van der Waals surface area contributed by atoms with Crippen molar-refractivity contribution < 1.29 is 23.8 Å². The second kappa shape index (κ2) is 8.92. The summed E-state index contributed by atoms with van der Waals surface area (Å²) >= 11 is 1.57. The molecule has 1 aromatic carbocycles. The lowest BCUT2D eigenvalue weighted by molar-refractivity contribution is -0.147. The van der Waals surface area contributed by atoms with Crippen LogP contribution in [0.1, 0.15) is 30.7 Å². The van der Waals surface area contributed by atoms with Gasteiger partial charge in [0.2, 0.25) is 0 Å². The molecule has 1 fully saturated rings. The topological polar surface area (TPSA) is 78.0 Å². The third kappa shape index (κ3) is 4.59. The van der Waals surface area contributed by atoms with E-state index in [4.69, 9.17) is 14.2 Å². The van der Waals surface area contributed by atoms with Gasteiger partial charge in [-0.15, -0.1) is 11.3 Å². The molecule has 0 unspecified atom stereocenters. The van der Waals surface area contributed by atoms with E-state index in [9.17, 15) is 9.59 Å². The lowest BCUT2D eigenvalue weighted by Crippen LogP contribution is -2.43. The molecular weight excluding hydrogens is 392 g/mol. The standard InChI is InChI=1S/C21H24N2O5S/c1-26-9-8-19-22-16(13-29-19)14-6-7-18-17(10-14)23(20(24)12-27-18)11-21(25)28-15-4-2-3-5-15/h6-7,10,13,15H,2-5,8-9,11-12H2,1H3. The highest BCUT2D eigenvalue weighted by molar-refractivity contribution is 7.09. The number of ether oxygens (including phenoxy) is 3. The third-order valence-electron chi connectivity index (χ3n) is 5.16. The molecule has 2 aliphatic rings. The fraction of sp³-hybridized carbons (Fsp3) is 0.476. The molecule has 7 nitrogen and oxygen atoms in total. The summed E-state index contributed by atoms with van der Waals surface area (Å²) in [7, 11) is 1.67. The molecule has 0 N–H and O–H groups in total. The Morgan fingerprint density at radius 1 is 1.34 bits per heavy atom. The van der Waals surface area contributed by atoms with Gasteiger partial charge in [0.15, 0.2) is 6.61 Å². The number of nitrogens with zero attached hydrogens (tertiary/aromatic N) is 2. The number of aromatic nitrogens is 1. The van der Waals surface area contributed by atoms with Gasteiger partial charge in [-0.25, -0.2) is 4.98 Å². The van der Waals surface area contributed by atoms with Crippen molar-refractivity contribution >= 4 is 28.9 Å². The zero-order valence-corrected chi connectivity index (χ0v) is 17.2. The van der Waals surface area contributed by atoms with Crippen molar-refractivity contribution in [2.45, 2.75) is 38.2 Å². The first-order valence-corrected chi connectivity index (χ1v) is 10.7. The number of thiazole rings is 1. The number of anilines is 1. The summed E-state index contributed by atoms with van der Waals surface area (Å²) in [6.07, 6.45) is 4.70. The van der Waals surface area contributed by atoms with Crippen LogP contribution < -0.4 is 9.64 Å². The van der Waals surface area contributed by atoms with Crippen LogP contribution in [0.25, 0.3) is 11.3 Å². The van der Waals surface area contributed by atoms with E-state index in [1.165, 1.54) is 4.90 Å². The number of amides is 1. The van der Waals surface area contributed by atoms with E-state index in [1.54, 1.807) is 18.4 Å². The van der Waals surface area contributed by atoms with Gasteiger partial charge in [-0.1, -0.05) is 0 Å². The van der Waals surface area contributed by atoms with E-state index in [-0.39, 0.29) is 31.1 Å². The van der Waals surface area contributed by atoms with Crippen molar-refractivity contribution in [3.63, 3.8) is 0 Å². The molecule has 0 atom stereocenters. The van der Waals surface area contributed by atoms with Gasteiger partial charge >= 0.3 is 5.97 Å². The number of esters is 1. The molecule has 2 aromatic rings. The fourth-order valence-electron chi connectivity index (χ4n) is 3.64. The number of carbonyl (C=O) groups is 2. The highest BCUT2D eigenvalue weighted by Gasteiger charge is 2.29. The van der Waals surface area contributed by atoms with Gasteiger partial charge in [-0.2, -0.15) is 0 Å². The molecule has 29 heavy (non-hydrogen) atoms. The molecule has 0 spiro atoms.